The summed E-state index contributed by atoms with van der Waals surface area (Å²) >= 11 is 0. The predicted molar refractivity (Wildman–Crippen MR) is 153 cm³/mol. The first-order valence-corrected chi connectivity index (χ1v) is 12.0. The molecule has 0 radical (unpaired) electrons. The van der Waals surface area contributed by atoms with E-state index in [-0.39, 0.29) is 31.6 Å². The van der Waals surface area contributed by atoms with Crippen LogP contribution in [-0.4, -0.2) is 0 Å². The van der Waals surface area contributed by atoms with Gasteiger partial charge in [0.1, 0.15) is 0 Å². The van der Waals surface area contributed by atoms with E-state index < -0.39 is 0 Å². The van der Waals surface area contributed by atoms with Gasteiger partial charge in [0.05, 0.1) is 0 Å². The Hall–Kier alpha value is -3.28. The van der Waals surface area contributed by atoms with Gasteiger partial charge < -0.3 is 0 Å². The third-order valence-electron chi connectivity index (χ3n) is 6.38. The summed E-state index contributed by atoms with van der Waals surface area (Å²) in [5.41, 5.74) is 4.97. The molecule has 180 valence electrons. The molecule has 36 heavy (non-hydrogen) atoms. The van der Waals surface area contributed by atoms with Crippen LogP contribution in [0, 0.1) is 13.8 Å². The minimum atomic E-state index is 0. The van der Waals surface area contributed by atoms with Crippen molar-refractivity contribution in [3.63, 3.8) is 0 Å². The topological polar surface area (TPSA) is 0 Å². The molecular formula is C35H32Zr-4. The molecule has 0 saturated heterocycles. The van der Waals surface area contributed by atoms with E-state index in [1.165, 1.54) is 32.7 Å². The molecule has 6 aromatic carbocycles. The SMILES string of the molecule is CC(C)([c-]1cccc1)[c-]1c2ccccc2c2ccccc21.[CH2-]c1ccccc1.[CH2-]c1ccccc1.[Zr]. The maximum Gasteiger partial charge on any atom is 0 e. The second-order valence-electron chi connectivity index (χ2n) is 9.24. The van der Waals surface area contributed by atoms with Gasteiger partial charge in [0, 0.05) is 26.2 Å². The summed E-state index contributed by atoms with van der Waals surface area (Å²) < 4.78 is 0. The molecule has 0 bridgehead atoms. The quantitative estimate of drug-likeness (QED) is 0.191. The van der Waals surface area contributed by atoms with Crippen molar-refractivity contribution in [2.75, 3.05) is 0 Å². The average molecular weight is 544 g/mol. The van der Waals surface area contributed by atoms with Crippen molar-refractivity contribution in [2.45, 2.75) is 19.3 Å². The monoisotopic (exact) mass is 542 g/mol. The fraction of sp³-hybridized carbons (Fsp3) is 0.0857. The van der Waals surface area contributed by atoms with Crippen LogP contribution in [0.5, 0.6) is 0 Å². The number of hydrogen-bond acceptors (Lipinski definition) is 0. The van der Waals surface area contributed by atoms with Gasteiger partial charge in [0.25, 0.3) is 0 Å². The van der Waals surface area contributed by atoms with E-state index in [2.05, 4.69) is 100 Å². The van der Waals surface area contributed by atoms with E-state index in [4.69, 9.17) is 0 Å². The average Bonchev–Trinajstić information content (AvgIpc) is 3.54. The number of fused-ring (bicyclic) bond motifs is 3. The molecule has 0 unspecified atom stereocenters. The Balaban J connectivity index is 0.000000198. The smallest absolute Gasteiger partial charge is 0 e. The van der Waals surface area contributed by atoms with Crippen LogP contribution in [0.25, 0.3) is 21.5 Å². The van der Waals surface area contributed by atoms with Crippen LogP contribution in [0.2, 0.25) is 0 Å². The molecule has 0 aliphatic rings. The Morgan fingerprint density at radius 1 is 0.500 bits per heavy atom. The summed E-state index contributed by atoms with van der Waals surface area (Å²) in [6.45, 7) is 12.1. The van der Waals surface area contributed by atoms with Gasteiger partial charge in [-0.15, -0.1) is 63.5 Å². The van der Waals surface area contributed by atoms with Gasteiger partial charge in [0.2, 0.25) is 0 Å². The van der Waals surface area contributed by atoms with Gasteiger partial charge in [-0.05, 0) is 0 Å². The number of benzene rings is 4. The van der Waals surface area contributed by atoms with Gasteiger partial charge in [-0.1, -0.05) is 67.8 Å². The second-order valence-corrected chi connectivity index (χ2v) is 9.24. The Morgan fingerprint density at radius 2 is 0.861 bits per heavy atom. The summed E-state index contributed by atoms with van der Waals surface area (Å²) in [6, 6.07) is 46.0. The Bertz CT molecular complexity index is 1360. The minimum Gasteiger partial charge on any atom is -0.213 e. The van der Waals surface area contributed by atoms with E-state index in [9.17, 15) is 0 Å². The number of hydrogen-bond donors (Lipinski definition) is 0. The molecule has 0 spiro atoms. The van der Waals surface area contributed by atoms with Crippen molar-refractivity contribution in [1.82, 2.24) is 0 Å². The van der Waals surface area contributed by atoms with Gasteiger partial charge in [0.15, 0.2) is 0 Å². The standard InChI is InChI=1S/C21H18.2C7H7.Zr/c1-21(2,15-9-3-4-10-15)20-18-13-7-5-11-16(18)17-12-6-8-14-19(17)20;2*1-7-5-3-2-4-6-7;/h3-14H,1-2H3;2*2-6H,1H2;/q-2;2*-1;. The Labute approximate surface area is 235 Å². The fourth-order valence-electron chi connectivity index (χ4n) is 4.58. The third kappa shape index (κ3) is 6.28. The first kappa shape index (κ1) is 27.3. The van der Waals surface area contributed by atoms with Crippen LogP contribution >= 0.6 is 0 Å². The first-order valence-electron chi connectivity index (χ1n) is 12.0. The van der Waals surface area contributed by atoms with Crippen LogP contribution in [0.15, 0.2) is 133 Å². The summed E-state index contributed by atoms with van der Waals surface area (Å²) in [5.74, 6) is 0. The Morgan fingerprint density at radius 3 is 1.22 bits per heavy atom. The van der Waals surface area contributed by atoms with Crippen molar-refractivity contribution >= 4 is 21.5 Å². The molecule has 0 aliphatic carbocycles. The minimum absolute atomic E-state index is 0. The summed E-state index contributed by atoms with van der Waals surface area (Å²) in [7, 11) is 0. The van der Waals surface area contributed by atoms with Crippen LogP contribution in [-0.2, 0) is 31.6 Å². The molecule has 0 N–H and O–H groups in total. The summed E-state index contributed by atoms with van der Waals surface area (Å²) in [4.78, 5) is 0. The van der Waals surface area contributed by atoms with Gasteiger partial charge in [-0.3, -0.25) is 0 Å². The molecule has 0 aromatic heterocycles. The molecule has 6 rings (SSSR count). The zero-order valence-corrected chi connectivity index (χ0v) is 23.6. The summed E-state index contributed by atoms with van der Waals surface area (Å²) in [5, 5.41) is 5.49. The van der Waals surface area contributed by atoms with E-state index in [0.717, 1.165) is 11.1 Å². The van der Waals surface area contributed by atoms with Crippen molar-refractivity contribution in [3.05, 3.63) is 170 Å². The second kappa shape index (κ2) is 12.6. The molecule has 0 nitrogen and oxygen atoms in total. The van der Waals surface area contributed by atoms with Crippen LogP contribution in [0.3, 0.4) is 0 Å². The maximum atomic E-state index is 3.72. The maximum absolute atomic E-state index is 3.72. The van der Waals surface area contributed by atoms with Crippen molar-refractivity contribution in [1.29, 1.82) is 0 Å². The molecule has 0 fully saturated rings. The van der Waals surface area contributed by atoms with Crippen LogP contribution in [0.1, 0.15) is 36.1 Å². The molecule has 0 amide bonds. The van der Waals surface area contributed by atoms with Crippen LogP contribution < -0.4 is 0 Å². The van der Waals surface area contributed by atoms with E-state index in [1.54, 1.807) is 0 Å². The molecule has 0 atom stereocenters. The molecule has 6 aromatic rings. The largest absolute Gasteiger partial charge is 0.213 e. The molecule has 0 aliphatic heterocycles. The van der Waals surface area contributed by atoms with E-state index in [0.29, 0.717) is 0 Å². The predicted octanol–water partition coefficient (Wildman–Crippen LogP) is 9.49. The molecule has 0 heterocycles. The van der Waals surface area contributed by atoms with Crippen LogP contribution in [0.4, 0.5) is 0 Å². The third-order valence-corrected chi connectivity index (χ3v) is 6.38. The molecule has 0 saturated carbocycles. The Kier molecular flexibility index (Phi) is 9.57. The van der Waals surface area contributed by atoms with Crippen molar-refractivity contribution in [2.24, 2.45) is 0 Å². The van der Waals surface area contributed by atoms with Crippen molar-refractivity contribution < 1.29 is 26.2 Å². The van der Waals surface area contributed by atoms with E-state index in [1.807, 2.05) is 60.7 Å². The van der Waals surface area contributed by atoms with Gasteiger partial charge >= 0.3 is 0 Å². The van der Waals surface area contributed by atoms with Gasteiger partial charge in [-0.2, -0.15) is 66.9 Å². The van der Waals surface area contributed by atoms with E-state index >= 15 is 0 Å². The molecule has 1 heteroatoms. The zero-order chi connectivity index (χ0) is 24.7. The summed E-state index contributed by atoms with van der Waals surface area (Å²) in [6.07, 6.45) is 0. The zero-order valence-electron chi connectivity index (χ0n) is 21.1. The number of rotatable bonds is 2. The fourth-order valence-corrected chi connectivity index (χ4v) is 4.58. The van der Waals surface area contributed by atoms with Crippen molar-refractivity contribution in [3.8, 4) is 0 Å². The first-order chi connectivity index (χ1) is 17.0. The molecular weight excluding hydrogens is 512 g/mol. The normalized spacial score (nSPS) is 10.5. The van der Waals surface area contributed by atoms with Gasteiger partial charge in [-0.25, -0.2) is 12.1 Å².